The highest BCUT2D eigenvalue weighted by Gasteiger charge is 2.44. The number of rotatable bonds is 2. The van der Waals surface area contributed by atoms with Crippen LogP contribution in [0.3, 0.4) is 0 Å². The maximum Gasteiger partial charge on any atom is 0.240 e. The van der Waals surface area contributed by atoms with Gasteiger partial charge in [0.1, 0.15) is 12.1 Å². The molecule has 0 fully saturated rings. The molecule has 0 aliphatic carbocycles. The number of amides is 1. The van der Waals surface area contributed by atoms with E-state index in [0.29, 0.717) is 5.02 Å². The van der Waals surface area contributed by atoms with Crippen LogP contribution in [0.4, 0.5) is 5.69 Å². The maximum absolute atomic E-state index is 12.6. The fourth-order valence-electron chi connectivity index (χ4n) is 4.40. The van der Waals surface area contributed by atoms with Crippen LogP contribution in [0.15, 0.2) is 82.9 Å². The molecule has 3 aromatic carbocycles. The second kappa shape index (κ2) is 7.92. The highest BCUT2D eigenvalue weighted by molar-refractivity contribution is 6.32. The van der Waals surface area contributed by atoms with Crippen LogP contribution < -0.4 is 4.90 Å². The van der Waals surface area contributed by atoms with Crippen molar-refractivity contribution in [3.05, 3.63) is 100 Å². The first kappa shape index (κ1) is 20.5. The number of fused-ring (bicyclic) bond motifs is 2. The number of aryl methyl sites for hydroxylation is 1. The monoisotopic (exact) mass is 442 g/mol. The van der Waals surface area contributed by atoms with Crippen molar-refractivity contribution in [3.8, 4) is 0 Å². The van der Waals surface area contributed by atoms with Gasteiger partial charge in [0.05, 0.1) is 11.4 Å². The highest BCUT2D eigenvalue weighted by Crippen LogP contribution is 2.39. The van der Waals surface area contributed by atoms with E-state index in [4.69, 9.17) is 21.7 Å². The predicted octanol–water partition coefficient (Wildman–Crippen LogP) is 5.22. The van der Waals surface area contributed by atoms with E-state index in [1.54, 1.807) is 11.9 Å². The number of benzene rings is 3. The normalized spacial score (nSPS) is 19.6. The lowest BCUT2D eigenvalue weighted by molar-refractivity contribution is -0.130. The molecule has 3 aromatic rings. The van der Waals surface area contributed by atoms with E-state index >= 15 is 0 Å². The Hall–Kier alpha value is -3.44. The number of carbonyl (C=O) groups is 1. The number of amidine groups is 1. The summed E-state index contributed by atoms with van der Waals surface area (Å²) in [5, 5.41) is 6.98. The van der Waals surface area contributed by atoms with E-state index in [-0.39, 0.29) is 18.0 Å². The lowest BCUT2D eigenvalue weighted by Gasteiger charge is -2.25. The molecule has 0 radical (unpaired) electrons. The molecule has 1 amide bonds. The van der Waals surface area contributed by atoms with Crippen molar-refractivity contribution in [2.45, 2.75) is 25.9 Å². The van der Waals surface area contributed by atoms with Gasteiger partial charge in [-0.15, -0.1) is 0 Å². The van der Waals surface area contributed by atoms with Gasteiger partial charge in [-0.3, -0.25) is 9.79 Å². The number of nitrogens with zero attached hydrogens (tertiary/aromatic N) is 4. The molecule has 2 atom stereocenters. The minimum Gasteiger partial charge on any atom is -0.329 e. The van der Waals surface area contributed by atoms with Gasteiger partial charge in [-0.25, -0.2) is 5.01 Å². The van der Waals surface area contributed by atoms with Crippen LogP contribution in [0.5, 0.6) is 0 Å². The zero-order chi connectivity index (χ0) is 22.4. The van der Waals surface area contributed by atoms with Crippen molar-refractivity contribution in [2.24, 2.45) is 10.1 Å². The molecule has 2 heterocycles. The van der Waals surface area contributed by atoms with E-state index in [0.717, 1.165) is 39.5 Å². The molecule has 0 spiro atoms. The lowest BCUT2D eigenvalue weighted by atomic mass is 9.97. The number of aliphatic imine (C=N–C) groups is 1. The Morgan fingerprint density at radius 2 is 1.72 bits per heavy atom. The number of carbonyl (C=O) groups excluding carboxylic acids is 1. The molecule has 2 aliphatic rings. The Bertz CT molecular complexity index is 1250. The van der Waals surface area contributed by atoms with Crippen LogP contribution in [-0.2, 0) is 4.79 Å². The number of hydrogen-bond acceptors (Lipinski definition) is 4. The Kier molecular flexibility index (Phi) is 5.06. The van der Waals surface area contributed by atoms with E-state index in [9.17, 15) is 4.79 Å². The summed E-state index contributed by atoms with van der Waals surface area (Å²) in [5.41, 5.74) is 5.90. The Morgan fingerprint density at radius 3 is 2.41 bits per heavy atom. The summed E-state index contributed by atoms with van der Waals surface area (Å²) in [6.45, 7) is 3.60. The number of hydrogen-bond donors (Lipinski definition) is 0. The number of likely N-dealkylation sites (N-methyl/N-ethyl adjacent to an activating group) is 1. The van der Waals surface area contributed by atoms with Crippen molar-refractivity contribution in [1.82, 2.24) is 5.01 Å². The van der Waals surface area contributed by atoms with E-state index < -0.39 is 0 Å². The van der Waals surface area contributed by atoms with E-state index in [1.165, 1.54) is 0 Å². The SMILES string of the molecule is CC(=O)N1N=C2C(N=C(c3ccccc3)c3cc(Cl)ccc3N2C)C1c1ccc(C)cc1. The summed E-state index contributed by atoms with van der Waals surface area (Å²) in [4.78, 5) is 19.9. The second-order valence-corrected chi connectivity index (χ2v) is 8.62. The Labute approximate surface area is 192 Å². The van der Waals surface area contributed by atoms with Crippen molar-refractivity contribution in [2.75, 3.05) is 11.9 Å². The van der Waals surface area contributed by atoms with Gasteiger partial charge in [-0.2, -0.15) is 5.10 Å². The quantitative estimate of drug-likeness (QED) is 0.546. The van der Waals surface area contributed by atoms with Crippen molar-refractivity contribution >= 4 is 34.7 Å². The van der Waals surface area contributed by atoms with E-state index in [1.807, 2.05) is 60.5 Å². The van der Waals surface area contributed by atoms with Gasteiger partial charge in [-0.1, -0.05) is 71.8 Å². The van der Waals surface area contributed by atoms with E-state index in [2.05, 4.69) is 31.2 Å². The predicted molar refractivity (Wildman–Crippen MR) is 130 cm³/mol. The van der Waals surface area contributed by atoms with Crippen molar-refractivity contribution < 1.29 is 4.79 Å². The van der Waals surface area contributed by atoms with Crippen molar-refractivity contribution in [1.29, 1.82) is 0 Å². The van der Waals surface area contributed by atoms with Crippen LogP contribution in [0.1, 0.15) is 35.2 Å². The topological polar surface area (TPSA) is 48.3 Å². The zero-order valence-electron chi connectivity index (χ0n) is 18.2. The molecule has 6 heteroatoms. The minimum atomic E-state index is -0.354. The molecule has 5 rings (SSSR count). The minimum absolute atomic E-state index is 0.114. The van der Waals surface area contributed by atoms with Gasteiger partial charge >= 0.3 is 0 Å². The highest BCUT2D eigenvalue weighted by atomic mass is 35.5. The number of anilines is 1. The molecule has 5 nitrogen and oxygen atoms in total. The van der Waals surface area contributed by atoms with Gasteiger partial charge in [-0.05, 0) is 30.7 Å². The Balaban J connectivity index is 1.75. The first-order chi connectivity index (χ1) is 15.4. The molecule has 0 N–H and O–H groups in total. The van der Waals surface area contributed by atoms with Crippen LogP contribution in [0.2, 0.25) is 5.02 Å². The van der Waals surface area contributed by atoms with Crippen LogP contribution in [0, 0.1) is 6.92 Å². The third-order valence-corrected chi connectivity index (χ3v) is 6.25. The summed E-state index contributed by atoms with van der Waals surface area (Å²) in [5.74, 6) is 0.623. The first-order valence-electron chi connectivity index (χ1n) is 10.6. The van der Waals surface area contributed by atoms with Gasteiger partial charge in [0.25, 0.3) is 0 Å². The molecular formula is C26H23ClN4O. The summed E-state index contributed by atoms with van der Waals surface area (Å²) >= 11 is 6.40. The van der Waals surface area contributed by atoms with Gasteiger partial charge in [0.15, 0.2) is 5.84 Å². The third kappa shape index (κ3) is 3.39. The molecule has 0 saturated carbocycles. The van der Waals surface area contributed by atoms with Crippen LogP contribution >= 0.6 is 11.6 Å². The Morgan fingerprint density at radius 1 is 1.00 bits per heavy atom. The molecule has 2 unspecified atom stereocenters. The first-order valence-corrected chi connectivity index (χ1v) is 10.9. The van der Waals surface area contributed by atoms with Gasteiger partial charge in [0.2, 0.25) is 5.91 Å². The fourth-order valence-corrected chi connectivity index (χ4v) is 4.57. The number of hydrazone groups is 1. The third-order valence-electron chi connectivity index (χ3n) is 6.01. The van der Waals surface area contributed by atoms with Gasteiger partial charge < -0.3 is 4.90 Å². The summed E-state index contributed by atoms with van der Waals surface area (Å²) in [6.07, 6.45) is 0. The lowest BCUT2D eigenvalue weighted by Crippen LogP contribution is -2.36. The van der Waals surface area contributed by atoms with Gasteiger partial charge in [0, 0.05) is 30.1 Å². The molecule has 2 aliphatic heterocycles. The molecule has 0 aromatic heterocycles. The van der Waals surface area contributed by atoms with Crippen LogP contribution in [0.25, 0.3) is 0 Å². The maximum atomic E-state index is 12.6. The summed E-state index contributed by atoms with van der Waals surface area (Å²) in [6, 6.07) is 23.4. The second-order valence-electron chi connectivity index (χ2n) is 8.19. The summed E-state index contributed by atoms with van der Waals surface area (Å²) < 4.78 is 0. The largest absolute Gasteiger partial charge is 0.329 e. The zero-order valence-corrected chi connectivity index (χ0v) is 18.9. The molecule has 32 heavy (non-hydrogen) atoms. The molecular weight excluding hydrogens is 420 g/mol. The number of halogens is 1. The molecule has 0 saturated heterocycles. The van der Waals surface area contributed by atoms with Crippen LogP contribution in [-0.4, -0.2) is 35.6 Å². The fraction of sp³-hybridized carbons (Fsp3) is 0.192. The standard InChI is InChI=1S/C26H23ClN4O/c1-16-9-11-19(12-10-16)25-24-26(29-31(25)17(2)32)30(3)22-14-13-20(27)15-21(22)23(28-24)18-7-5-4-6-8-18/h4-15,24-25H,1-3H3. The average Bonchev–Trinajstić information content (AvgIpc) is 3.12. The average molecular weight is 443 g/mol. The van der Waals surface area contributed by atoms with Crippen molar-refractivity contribution in [3.63, 3.8) is 0 Å². The molecule has 0 bridgehead atoms. The smallest absolute Gasteiger partial charge is 0.240 e. The summed E-state index contributed by atoms with van der Waals surface area (Å²) in [7, 11) is 1.97. The molecule has 160 valence electrons.